The second-order valence-corrected chi connectivity index (χ2v) is 10.1. The van der Waals surface area contributed by atoms with Crippen LogP contribution in [0.15, 0.2) is 73.3 Å². The fourth-order valence-corrected chi connectivity index (χ4v) is 5.21. The largest absolute Gasteiger partial charge is 0.459 e. The number of carbonyl (C=O) groups is 2. The highest BCUT2D eigenvalue weighted by molar-refractivity contribution is 6.06. The average Bonchev–Trinajstić information content (AvgIpc) is 3.65. The number of nitrogens with one attached hydrogen (secondary N) is 1. The maximum atomic E-state index is 12.8. The molecule has 42 heavy (non-hydrogen) atoms. The number of amides is 1. The highest BCUT2D eigenvalue weighted by Crippen LogP contribution is 2.38. The van der Waals surface area contributed by atoms with Crippen LogP contribution >= 0.6 is 0 Å². The first-order valence-corrected chi connectivity index (χ1v) is 13.8. The van der Waals surface area contributed by atoms with Gasteiger partial charge in [0.25, 0.3) is 5.91 Å². The van der Waals surface area contributed by atoms with Crippen LogP contribution in [0.1, 0.15) is 46.2 Å². The molecular formula is C30H31N5O7. The lowest BCUT2D eigenvalue weighted by molar-refractivity contribution is -0.281. The minimum atomic E-state index is -0.836. The van der Waals surface area contributed by atoms with Gasteiger partial charge in [-0.2, -0.15) is 0 Å². The molecule has 0 unspecified atom stereocenters. The summed E-state index contributed by atoms with van der Waals surface area (Å²) in [5.74, 6) is -1.31. The van der Waals surface area contributed by atoms with Crippen LogP contribution in [0, 0.1) is 0 Å². The Kier molecular flexibility index (Phi) is 8.20. The summed E-state index contributed by atoms with van der Waals surface area (Å²) in [5.41, 5.74) is 1.84. The summed E-state index contributed by atoms with van der Waals surface area (Å²) < 4.78 is 31.8. The number of ether oxygens (including phenoxy) is 5. The molecule has 0 saturated carbocycles. The van der Waals surface area contributed by atoms with Gasteiger partial charge in [0.05, 0.1) is 31.2 Å². The van der Waals surface area contributed by atoms with E-state index in [4.69, 9.17) is 23.7 Å². The van der Waals surface area contributed by atoms with E-state index in [0.29, 0.717) is 54.8 Å². The minimum Gasteiger partial charge on any atom is -0.459 e. The van der Waals surface area contributed by atoms with Gasteiger partial charge in [-0.15, -0.1) is 0 Å². The maximum Gasteiger partial charge on any atom is 0.338 e. The highest BCUT2D eigenvalue weighted by atomic mass is 16.7. The van der Waals surface area contributed by atoms with Crippen molar-refractivity contribution in [1.29, 1.82) is 0 Å². The first kappa shape index (κ1) is 27.9. The third-order valence-corrected chi connectivity index (χ3v) is 7.50. The van der Waals surface area contributed by atoms with Crippen LogP contribution in [-0.2, 0) is 23.7 Å². The van der Waals surface area contributed by atoms with E-state index in [0.717, 1.165) is 0 Å². The summed E-state index contributed by atoms with van der Waals surface area (Å²) in [6, 6.07) is 17.6. The number of nitrogens with zero attached hydrogens (tertiary/aromatic N) is 4. The van der Waals surface area contributed by atoms with E-state index in [2.05, 4.69) is 20.3 Å². The van der Waals surface area contributed by atoms with Crippen molar-refractivity contribution in [3.8, 4) is 0 Å². The molecule has 3 atom stereocenters. The Balaban J connectivity index is 1.23. The summed E-state index contributed by atoms with van der Waals surface area (Å²) >= 11 is 0. The van der Waals surface area contributed by atoms with Crippen LogP contribution < -0.4 is 5.32 Å². The van der Waals surface area contributed by atoms with E-state index < -0.39 is 30.2 Å². The topological polar surface area (TPSA) is 136 Å². The predicted octanol–water partition coefficient (Wildman–Crippen LogP) is 3.76. The van der Waals surface area contributed by atoms with Gasteiger partial charge in [-0.05, 0) is 24.3 Å². The van der Waals surface area contributed by atoms with E-state index in [1.54, 1.807) is 66.5 Å². The Labute approximate surface area is 241 Å². The number of imidazole rings is 1. The summed E-state index contributed by atoms with van der Waals surface area (Å²) in [6.45, 7) is 1.00. The second kappa shape index (κ2) is 12.3. The molecule has 0 radical (unpaired) electrons. The lowest BCUT2D eigenvalue weighted by Crippen LogP contribution is -2.46. The smallest absolute Gasteiger partial charge is 0.338 e. The van der Waals surface area contributed by atoms with Crippen molar-refractivity contribution >= 4 is 28.9 Å². The van der Waals surface area contributed by atoms with Crippen LogP contribution in [-0.4, -0.2) is 76.3 Å². The van der Waals surface area contributed by atoms with Gasteiger partial charge in [0, 0.05) is 31.9 Å². The molecule has 2 aliphatic rings. The van der Waals surface area contributed by atoms with Gasteiger partial charge in [0.1, 0.15) is 25.3 Å². The number of hydrogen-bond acceptors (Lipinski definition) is 10. The predicted molar refractivity (Wildman–Crippen MR) is 150 cm³/mol. The number of methoxy groups -OCH3 is 1. The zero-order chi connectivity index (χ0) is 28.9. The van der Waals surface area contributed by atoms with Crippen LogP contribution in [0.25, 0.3) is 11.2 Å². The monoisotopic (exact) mass is 573 g/mol. The number of benzene rings is 2. The quantitative estimate of drug-likeness (QED) is 0.233. The third kappa shape index (κ3) is 5.88. The molecule has 6 rings (SSSR count). The average molecular weight is 574 g/mol. The van der Waals surface area contributed by atoms with Gasteiger partial charge in [0.15, 0.2) is 22.8 Å². The number of rotatable bonds is 9. The summed E-state index contributed by atoms with van der Waals surface area (Å²) in [5, 5.41) is 2.82. The molecule has 2 aromatic heterocycles. The van der Waals surface area contributed by atoms with E-state index in [9.17, 15) is 9.59 Å². The van der Waals surface area contributed by atoms with Crippen molar-refractivity contribution in [1.82, 2.24) is 19.5 Å². The van der Waals surface area contributed by atoms with E-state index in [1.165, 1.54) is 6.33 Å². The van der Waals surface area contributed by atoms with E-state index in [1.807, 2.05) is 12.1 Å². The van der Waals surface area contributed by atoms with Crippen molar-refractivity contribution < 1.29 is 33.3 Å². The SMILES string of the molecule is COC1(O[C@H]2C[C@H](n3cnc4c(NC(=O)c5ccccc5)ncnc43)O[C@@H]2COC(=O)c2ccccc2)CCOCC1. The van der Waals surface area contributed by atoms with Gasteiger partial charge in [-0.25, -0.2) is 19.7 Å². The van der Waals surface area contributed by atoms with Crippen molar-refractivity contribution in [2.75, 3.05) is 32.2 Å². The molecule has 2 aromatic carbocycles. The Hall–Kier alpha value is -4.23. The third-order valence-electron chi connectivity index (χ3n) is 7.50. The highest BCUT2D eigenvalue weighted by Gasteiger charge is 2.45. The first-order chi connectivity index (χ1) is 20.5. The van der Waals surface area contributed by atoms with Crippen molar-refractivity contribution in [2.24, 2.45) is 0 Å². The molecule has 4 heterocycles. The molecule has 12 heteroatoms. The molecule has 1 N–H and O–H groups in total. The number of hydrogen-bond donors (Lipinski definition) is 1. The number of fused-ring (bicyclic) bond motifs is 1. The summed E-state index contributed by atoms with van der Waals surface area (Å²) in [4.78, 5) is 38.6. The molecule has 0 spiro atoms. The molecule has 2 saturated heterocycles. The zero-order valence-corrected chi connectivity index (χ0v) is 23.0. The Morgan fingerprint density at radius 2 is 1.71 bits per heavy atom. The first-order valence-electron chi connectivity index (χ1n) is 13.8. The van der Waals surface area contributed by atoms with Crippen LogP contribution in [0.4, 0.5) is 5.82 Å². The minimum absolute atomic E-state index is 0.0226. The van der Waals surface area contributed by atoms with Gasteiger partial charge < -0.3 is 29.0 Å². The van der Waals surface area contributed by atoms with Gasteiger partial charge in [0.2, 0.25) is 0 Å². The Bertz CT molecular complexity index is 1530. The van der Waals surface area contributed by atoms with Crippen LogP contribution in [0.2, 0.25) is 0 Å². The maximum absolute atomic E-state index is 12.8. The number of anilines is 1. The molecule has 12 nitrogen and oxygen atoms in total. The Morgan fingerprint density at radius 1 is 1.00 bits per heavy atom. The van der Waals surface area contributed by atoms with Crippen molar-refractivity contribution in [2.45, 2.75) is 43.5 Å². The molecule has 218 valence electrons. The molecule has 2 fully saturated rings. The number of carbonyl (C=O) groups excluding carboxylic acids is 2. The van der Waals surface area contributed by atoms with Crippen LogP contribution in [0.5, 0.6) is 0 Å². The molecule has 0 bridgehead atoms. The fraction of sp³-hybridized carbons (Fsp3) is 0.367. The molecule has 0 aliphatic carbocycles. The molecule has 2 aliphatic heterocycles. The van der Waals surface area contributed by atoms with Gasteiger partial charge >= 0.3 is 5.97 Å². The zero-order valence-electron chi connectivity index (χ0n) is 23.0. The van der Waals surface area contributed by atoms with Gasteiger partial charge in [-0.1, -0.05) is 36.4 Å². The van der Waals surface area contributed by atoms with E-state index in [-0.39, 0.29) is 18.3 Å². The summed E-state index contributed by atoms with van der Waals surface area (Å²) in [7, 11) is 1.62. The van der Waals surface area contributed by atoms with Crippen molar-refractivity contribution in [3.05, 3.63) is 84.4 Å². The Morgan fingerprint density at radius 3 is 2.43 bits per heavy atom. The van der Waals surface area contributed by atoms with Crippen molar-refractivity contribution in [3.63, 3.8) is 0 Å². The normalized spacial score (nSPS) is 21.7. The molecular weight excluding hydrogens is 542 g/mol. The van der Waals surface area contributed by atoms with Crippen LogP contribution in [0.3, 0.4) is 0 Å². The van der Waals surface area contributed by atoms with Gasteiger partial charge in [-0.3, -0.25) is 9.36 Å². The second-order valence-electron chi connectivity index (χ2n) is 10.1. The molecule has 4 aromatic rings. The lowest BCUT2D eigenvalue weighted by Gasteiger charge is -2.38. The fourth-order valence-electron chi connectivity index (χ4n) is 5.21. The standard InChI is InChI=1S/C30H31N5O7/c1-38-30(12-14-39-15-13-30)42-22-16-24(41-23(22)17-40-29(37)21-10-6-3-7-11-21)35-19-33-25-26(31-18-32-27(25)35)34-28(36)20-8-4-2-5-9-20/h2-11,18-19,22-24H,12-17H2,1H3,(H,31,32,34,36)/t22-,23+,24+/m0/s1. The number of esters is 1. The van der Waals surface area contributed by atoms with E-state index >= 15 is 0 Å². The lowest BCUT2D eigenvalue weighted by atomic mass is 10.1. The number of aromatic nitrogens is 4. The molecule has 1 amide bonds. The summed E-state index contributed by atoms with van der Waals surface area (Å²) in [6.07, 6.45) is 2.91.